The highest BCUT2D eigenvalue weighted by Crippen LogP contribution is 2.40. The zero-order chi connectivity index (χ0) is 8.77. The van der Waals surface area contributed by atoms with Crippen molar-refractivity contribution in [2.24, 2.45) is 16.1 Å². The Morgan fingerprint density at radius 3 is 3.25 bits per heavy atom. The van der Waals surface area contributed by atoms with Crippen molar-refractivity contribution in [3.05, 3.63) is 0 Å². The maximum atomic E-state index is 11.2. The zero-order valence-corrected chi connectivity index (χ0v) is 7.21. The first-order chi connectivity index (χ1) is 5.68. The number of nitrogens with zero attached hydrogens (tertiary/aromatic N) is 2. The van der Waals surface area contributed by atoms with Gasteiger partial charge in [0, 0.05) is 7.11 Å². The van der Waals surface area contributed by atoms with Crippen LogP contribution >= 0.6 is 11.6 Å². The maximum absolute atomic E-state index is 11.2. The topological polar surface area (TPSA) is 63.0 Å². The van der Waals surface area contributed by atoms with Crippen LogP contribution < -0.4 is 5.32 Å². The van der Waals surface area contributed by atoms with Crippen molar-refractivity contribution in [1.82, 2.24) is 5.32 Å². The van der Waals surface area contributed by atoms with E-state index in [9.17, 15) is 4.79 Å². The van der Waals surface area contributed by atoms with Crippen molar-refractivity contribution in [3.63, 3.8) is 0 Å². The third kappa shape index (κ3) is 0.804. The number of fused-ring (bicyclic) bond motifs is 1. The molecule has 12 heavy (non-hydrogen) atoms. The summed E-state index contributed by atoms with van der Waals surface area (Å²) < 4.78 is 4.98. The average Bonchev–Trinajstić information content (AvgIpc) is 2.51. The molecule has 3 atom stereocenters. The molecular weight excluding hydrogens is 182 g/mol. The molecule has 0 aromatic carbocycles. The summed E-state index contributed by atoms with van der Waals surface area (Å²) in [4.78, 5) is 10.2. The molecule has 0 saturated carbocycles. The molecule has 0 aliphatic carbocycles. The largest absolute Gasteiger partial charge is 0.358 e. The van der Waals surface area contributed by atoms with E-state index < -0.39 is 11.2 Å². The van der Waals surface area contributed by atoms with Crippen molar-refractivity contribution >= 4 is 17.5 Å². The molecule has 5 nitrogen and oxygen atoms in total. The molecule has 2 rings (SSSR count). The lowest BCUT2D eigenvalue weighted by Gasteiger charge is -2.20. The van der Waals surface area contributed by atoms with E-state index >= 15 is 0 Å². The number of halogens is 1. The lowest BCUT2D eigenvalue weighted by atomic mass is 10.0. The first kappa shape index (κ1) is 7.94. The predicted molar refractivity (Wildman–Crippen MR) is 40.7 cm³/mol. The summed E-state index contributed by atoms with van der Waals surface area (Å²) in [7, 11) is 1.48. The fraction of sp³-hybridized carbons (Fsp3) is 0.833. The predicted octanol–water partition coefficient (Wildman–Crippen LogP) is 0.106. The van der Waals surface area contributed by atoms with Gasteiger partial charge in [0.15, 0.2) is 6.23 Å². The summed E-state index contributed by atoms with van der Waals surface area (Å²) in [6.45, 7) is 0.356. The van der Waals surface area contributed by atoms with Crippen LogP contribution in [0.1, 0.15) is 0 Å². The van der Waals surface area contributed by atoms with Crippen LogP contribution in [0, 0.1) is 5.92 Å². The molecule has 6 heteroatoms. The second kappa shape index (κ2) is 2.40. The van der Waals surface area contributed by atoms with Crippen LogP contribution in [-0.2, 0) is 9.53 Å². The van der Waals surface area contributed by atoms with Crippen LogP contribution in [0.25, 0.3) is 0 Å². The number of nitrogens with one attached hydrogen (secondary N) is 1. The summed E-state index contributed by atoms with van der Waals surface area (Å²) in [6, 6.07) is 0. The van der Waals surface area contributed by atoms with E-state index in [0.717, 1.165) is 0 Å². The van der Waals surface area contributed by atoms with Gasteiger partial charge in [-0.05, 0) is 0 Å². The Morgan fingerprint density at radius 2 is 2.58 bits per heavy atom. The highest BCUT2D eigenvalue weighted by Gasteiger charge is 2.58. The molecule has 0 spiro atoms. The molecule has 1 fully saturated rings. The van der Waals surface area contributed by atoms with Gasteiger partial charge in [0.2, 0.25) is 10.9 Å². The summed E-state index contributed by atoms with van der Waals surface area (Å²) in [6.07, 6.45) is -0.553. The molecule has 66 valence electrons. The van der Waals surface area contributed by atoms with Crippen molar-refractivity contribution in [2.45, 2.75) is 11.2 Å². The molecular formula is C6H8ClN3O2. The number of azo groups is 1. The number of carbonyl (C=O) groups excluding carboxylic acids is 1. The van der Waals surface area contributed by atoms with Crippen LogP contribution in [0.3, 0.4) is 0 Å². The fourth-order valence-corrected chi connectivity index (χ4v) is 1.85. The highest BCUT2D eigenvalue weighted by atomic mass is 35.5. The number of hydrogen-bond acceptors (Lipinski definition) is 4. The van der Waals surface area contributed by atoms with Crippen molar-refractivity contribution < 1.29 is 9.53 Å². The SMILES string of the molecule is COC1NC(=O)[C@H]2CN=N[C@@]12Cl. The van der Waals surface area contributed by atoms with E-state index in [2.05, 4.69) is 15.5 Å². The summed E-state index contributed by atoms with van der Waals surface area (Å²) in [5.41, 5.74) is 0. The smallest absolute Gasteiger partial charge is 0.231 e. The summed E-state index contributed by atoms with van der Waals surface area (Å²) in [5.74, 6) is -0.508. The summed E-state index contributed by atoms with van der Waals surface area (Å²) in [5, 5.41) is 10.2. The number of alkyl halides is 1. The van der Waals surface area contributed by atoms with Crippen molar-refractivity contribution in [1.29, 1.82) is 0 Å². The molecule has 0 radical (unpaired) electrons. The van der Waals surface area contributed by atoms with Crippen LogP contribution in [-0.4, -0.2) is 30.8 Å². The average molecular weight is 190 g/mol. The number of hydrogen-bond donors (Lipinski definition) is 1. The molecule has 0 aromatic rings. The van der Waals surface area contributed by atoms with E-state index in [1.165, 1.54) is 7.11 Å². The minimum atomic E-state index is -1.01. The van der Waals surface area contributed by atoms with E-state index in [1.807, 2.05) is 0 Å². The molecule has 0 aromatic heterocycles. The number of amides is 1. The lowest BCUT2D eigenvalue weighted by Crippen LogP contribution is -2.39. The second-order valence-corrected chi connectivity index (χ2v) is 3.43. The molecule has 2 heterocycles. The molecule has 2 aliphatic heterocycles. The van der Waals surface area contributed by atoms with Gasteiger partial charge in [-0.1, -0.05) is 11.6 Å². The first-order valence-electron chi connectivity index (χ1n) is 3.59. The minimum absolute atomic E-state index is 0.137. The van der Waals surface area contributed by atoms with Gasteiger partial charge in [0.05, 0.1) is 6.54 Å². The van der Waals surface area contributed by atoms with E-state index in [0.29, 0.717) is 6.54 Å². The van der Waals surface area contributed by atoms with Crippen molar-refractivity contribution in [3.8, 4) is 0 Å². The number of carbonyl (C=O) groups is 1. The van der Waals surface area contributed by atoms with Crippen LogP contribution in [0.5, 0.6) is 0 Å². The Labute approximate surface area is 74.1 Å². The standard InChI is InChI=1S/C6H8ClN3O2/c1-12-5-6(7)3(2-8-10-6)4(11)9-5/h3,5H,2H2,1H3,(H,9,11)/t3-,5?,6-/m1/s1. The van der Waals surface area contributed by atoms with Crippen LogP contribution in [0.15, 0.2) is 10.2 Å². The Bertz CT molecular complexity index is 257. The van der Waals surface area contributed by atoms with Crippen LogP contribution in [0.2, 0.25) is 0 Å². The van der Waals surface area contributed by atoms with Crippen molar-refractivity contribution in [2.75, 3.05) is 13.7 Å². The van der Waals surface area contributed by atoms with E-state index in [4.69, 9.17) is 16.3 Å². The molecule has 1 saturated heterocycles. The van der Waals surface area contributed by atoms with Gasteiger partial charge < -0.3 is 10.1 Å². The van der Waals surface area contributed by atoms with Gasteiger partial charge >= 0.3 is 0 Å². The Morgan fingerprint density at radius 1 is 1.83 bits per heavy atom. The van der Waals surface area contributed by atoms with E-state index in [-0.39, 0.29) is 11.8 Å². The Hall–Kier alpha value is -0.680. The number of ether oxygens (including phenoxy) is 1. The Kier molecular flexibility index (Phi) is 1.59. The first-order valence-corrected chi connectivity index (χ1v) is 3.97. The normalized spacial score (nSPS) is 44.7. The minimum Gasteiger partial charge on any atom is -0.358 e. The van der Waals surface area contributed by atoms with Crippen LogP contribution in [0.4, 0.5) is 0 Å². The zero-order valence-electron chi connectivity index (χ0n) is 6.45. The third-order valence-corrected chi connectivity index (χ3v) is 2.71. The molecule has 1 amide bonds. The maximum Gasteiger partial charge on any atom is 0.231 e. The van der Waals surface area contributed by atoms with Gasteiger partial charge in [-0.15, -0.1) is 0 Å². The highest BCUT2D eigenvalue weighted by molar-refractivity contribution is 6.27. The quantitative estimate of drug-likeness (QED) is 0.470. The monoisotopic (exact) mass is 189 g/mol. The van der Waals surface area contributed by atoms with Gasteiger partial charge in [0.1, 0.15) is 5.92 Å². The summed E-state index contributed by atoms with van der Waals surface area (Å²) >= 11 is 6.06. The van der Waals surface area contributed by atoms with E-state index in [1.54, 1.807) is 0 Å². The molecule has 2 aliphatic rings. The van der Waals surface area contributed by atoms with Gasteiger partial charge in [0.25, 0.3) is 0 Å². The molecule has 1 unspecified atom stereocenters. The third-order valence-electron chi connectivity index (χ3n) is 2.17. The van der Waals surface area contributed by atoms with Gasteiger partial charge in [-0.25, -0.2) is 0 Å². The lowest BCUT2D eigenvalue weighted by molar-refractivity contribution is -0.123. The van der Waals surface area contributed by atoms with Gasteiger partial charge in [-0.3, -0.25) is 4.79 Å². The van der Waals surface area contributed by atoms with Gasteiger partial charge in [-0.2, -0.15) is 10.2 Å². The molecule has 0 bridgehead atoms. The molecule has 1 N–H and O–H groups in total. The Balaban J connectivity index is 2.33. The second-order valence-electron chi connectivity index (χ2n) is 2.83. The number of methoxy groups -OCH3 is 1. The fourth-order valence-electron chi connectivity index (χ4n) is 1.49. The number of rotatable bonds is 1.